The first-order valence-corrected chi connectivity index (χ1v) is 5.25. The maximum Gasteiger partial charge on any atom is 0.0921 e. The third kappa shape index (κ3) is 7.43. The molecule has 0 aliphatic carbocycles. The van der Waals surface area contributed by atoms with Crippen LogP contribution in [0.2, 0.25) is 0 Å². The van der Waals surface area contributed by atoms with Gasteiger partial charge in [0, 0.05) is 24.3 Å². The Morgan fingerprint density at radius 3 is 1.93 bits per heavy atom. The highest BCUT2D eigenvalue weighted by atomic mass is 14.8. The minimum atomic E-state index is 1.04. The maximum atomic E-state index is 3.84. The van der Waals surface area contributed by atoms with Gasteiger partial charge in [0.15, 0.2) is 0 Å². The van der Waals surface area contributed by atoms with Crippen molar-refractivity contribution in [1.29, 1.82) is 0 Å². The molecule has 2 aromatic rings. The molecule has 82 valence electrons. The van der Waals surface area contributed by atoms with E-state index in [0.29, 0.717) is 0 Å². The lowest BCUT2D eigenvalue weighted by Gasteiger charge is -1.79. The number of nitrogens with zero attached hydrogens (tertiary/aromatic N) is 2. The monoisotopic (exact) mass is 205 g/mol. The van der Waals surface area contributed by atoms with E-state index in [0.717, 1.165) is 6.42 Å². The second kappa shape index (κ2) is 10.4. The zero-order chi connectivity index (χ0) is 11.4. The van der Waals surface area contributed by atoms with Gasteiger partial charge in [0.25, 0.3) is 0 Å². The SMILES string of the molecule is CC.CCc1cnc[nH]1.c1ccncc1. The molecule has 0 radical (unpaired) electrons. The van der Waals surface area contributed by atoms with Gasteiger partial charge in [-0.05, 0) is 18.6 Å². The standard InChI is InChI=1S/C5H8N2.C5H5N.C2H6/c1-2-5-3-6-4-7-5;1-2-4-6-5-3-1;1-2/h3-4H,2H2,1H3,(H,6,7);1-5H;1-2H3. The van der Waals surface area contributed by atoms with E-state index >= 15 is 0 Å². The van der Waals surface area contributed by atoms with Gasteiger partial charge in [-0.2, -0.15) is 0 Å². The van der Waals surface area contributed by atoms with Crippen molar-refractivity contribution in [3.63, 3.8) is 0 Å². The third-order valence-corrected chi connectivity index (χ3v) is 1.50. The molecule has 15 heavy (non-hydrogen) atoms. The number of hydrogen-bond donors (Lipinski definition) is 1. The molecule has 0 fully saturated rings. The summed E-state index contributed by atoms with van der Waals surface area (Å²) in [4.78, 5) is 10.6. The van der Waals surface area contributed by atoms with Gasteiger partial charge in [0.05, 0.1) is 6.33 Å². The molecule has 2 aromatic heterocycles. The van der Waals surface area contributed by atoms with Crippen LogP contribution in [0.3, 0.4) is 0 Å². The van der Waals surface area contributed by atoms with Crippen molar-refractivity contribution in [1.82, 2.24) is 15.0 Å². The number of imidazole rings is 1. The fourth-order valence-corrected chi connectivity index (χ4v) is 0.791. The van der Waals surface area contributed by atoms with E-state index in [-0.39, 0.29) is 0 Å². The molecular weight excluding hydrogens is 186 g/mol. The fraction of sp³-hybridized carbons (Fsp3) is 0.333. The number of nitrogens with one attached hydrogen (secondary N) is 1. The lowest BCUT2D eigenvalue weighted by molar-refractivity contribution is 1.06. The number of pyridine rings is 1. The molecular formula is C12H19N3. The topological polar surface area (TPSA) is 41.6 Å². The molecule has 1 N–H and O–H groups in total. The number of H-pyrrole nitrogens is 1. The van der Waals surface area contributed by atoms with E-state index in [9.17, 15) is 0 Å². The van der Waals surface area contributed by atoms with Gasteiger partial charge in [-0.1, -0.05) is 26.8 Å². The summed E-state index contributed by atoms with van der Waals surface area (Å²) >= 11 is 0. The van der Waals surface area contributed by atoms with Gasteiger partial charge < -0.3 is 4.98 Å². The van der Waals surface area contributed by atoms with Gasteiger partial charge >= 0.3 is 0 Å². The van der Waals surface area contributed by atoms with E-state index < -0.39 is 0 Å². The smallest absolute Gasteiger partial charge is 0.0921 e. The van der Waals surface area contributed by atoms with Crippen molar-refractivity contribution >= 4 is 0 Å². The molecule has 3 heteroatoms. The Kier molecular flexibility index (Phi) is 9.30. The average Bonchev–Trinajstić information content (AvgIpc) is 2.88. The summed E-state index contributed by atoms with van der Waals surface area (Å²) in [7, 11) is 0. The molecule has 0 spiro atoms. The predicted octanol–water partition coefficient (Wildman–Crippen LogP) is 3.08. The second-order valence-corrected chi connectivity index (χ2v) is 2.45. The van der Waals surface area contributed by atoms with E-state index in [1.165, 1.54) is 5.69 Å². The van der Waals surface area contributed by atoms with Gasteiger partial charge in [0.1, 0.15) is 0 Å². The third-order valence-electron chi connectivity index (χ3n) is 1.50. The highest BCUT2D eigenvalue weighted by molar-refractivity contribution is 4.92. The van der Waals surface area contributed by atoms with Crippen LogP contribution in [0.5, 0.6) is 0 Å². The van der Waals surface area contributed by atoms with Crippen LogP contribution in [-0.2, 0) is 6.42 Å². The summed E-state index contributed by atoms with van der Waals surface area (Å²) in [5.74, 6) is 0. The van der Waals surface area contributed by atoms with Crippen LogP contribution in [0.15, 0.2) is 43.1 Å². The van der Waals surface area contributed by atoms with Crippen LogP contribution in [0.4, 0.5) is 0 Å². The summed E-state index contributed by atoms with van der Waals surface area (Å²) in [6.45, 7) is 6.09. The fourth-order valence-electron chi connectivity index (χ4n) is 0.791. The summed E-state index contributed by atoms with van der Waals surface area (Å²) in [6.07, 6.45) is 8.07. The van der Waals surface area contributed by atoms with E-state index in [4.69, 9.17) is 0 Å². The van der Waals surface area contributed by atoms with E-state index in [2.05, 4.69) is 21.9 Å². The quantitative estimate of drug-likeness (QED) is 0.777. The lowest BCUT2D eigenvalue weighted by atomic mass is 10.4. The van der Waals surface area contributed by atoms with Crippen LogP contribution >= 0.6 is 0 Å². The zero-order valence-corrected chi connectivity index (χ0v) is 9.64. The largest absolute Gasteiger partial charge is 0.349 e. The Morgan fingerprint density at radius 1 is 1.07 bits per heavy atom. The van der Waals surface area contributed by atoms with Crippen LogP contribution in [0, 0.1) is 0 Å². The Balaban J connectivity index is 0.000000227. The number of hydrogen-bond acceptors (Lipinski definition) is 2. The molecule has 0 aromatic carbocycles. The van der Waals surface area contributed by atoms with Gasteiger partial charge in [-0.3, -0.25) is 4.98 Å². The Hall–Kier alpha value is -1.64. The number of aryl methyl sites for hydroxylation is 1. The van der Waals surface area contributed by atoms with Crippen molar-refractivity contribution in [3.8, 4) is 0 Å². The van der Waals surface area contributed by atoms with Crippen LogP contribution in [-0.4, -0.2) is 15.0 Å². The Bertz CT molecular complexity index is 263. The minimum Gasteiger partial charge on any atom is -0.349 e. The van der Waals surface area contributed by atoms with Gasteiger partial charge in [0.2, 0.25) is 0 Å². The molecule has 3 nitrogen and oxygen atoms in total. The van der Waals surface area contributed by atoms with Crippen molar-refractivity contribution in [2.75, 3.05) is 0 Å². The maximum absolute atomic E-state index is 3.84. The molecule has 0 saturated carbocycles. The van der Waals surface area contributed by atoms with E-state index in [1.54, 1.807) is 18.7 Å². The highest BCUT2D eigenvalue weighted by Crippen LogP contribution is 1.88. The molecule has 0 unspecified atom stereocenters. The van der Waals surface area contributed by atoms with Crippen molar-refractivity contribution in [3.05, 3.63) is 48.8 Å². The Labute approximate surface area is 91.6 Å². The Morgan fingerprint density at radius 2 is 1.73 bits per heavy atom. The van der Waals surface area contributed by atoms with Crippen molar-refractivity contribution in [2.45, 2.75) is 27.2 Å². The minimum absolute atomic E-state index is 1.04. The second-order valence-electron chi connectivity index (χ2n) is 2.45. The zero-order valence-electron chi connectivity index (χ0n) is 9.64. The number of aromatic nitrogens is 3. The van der Waals surface area contributed by atoms with Gasteiger partial charge in [-0.15, -0.1) is 0 Å². The first kappa shape index (κ1) is 13.4. The van der Waals surface area contributed by atoms with Crippen molar-refractivity contribution < 1.29 is 0 Å². The summed E-state index contributed by atoms with van der Waals surface area (Å²) < 4.78 is 0. The van der Waals surface area contributed by atoms with Crippen LogP contribution in [0.25, 0.3) is 0 Å². The number of aromatic amines is 1. The molecule has 2 rings (SSSR count). The van der Waals surface area contributed by atoms with Crippen molar-refractivity contribution in [2.24, 2.45) is 0 Å². The summed E-state index contributed by atoms with van der Waals surface area (Å²) in [5, 5.41) is 0. The molecule has 0 aliphatic heterocycles. The summed E-state index contributed by atoms with van der Waals surface area (Å²) in [6, 6.07) is 5.72. The lowest BCUT2D eigenvalue weighted by Crippen LogP contribution is -1.73. The molecule has 0 bridgehead atoms. The van der Waals surface area contributed by atoms with Crippen LogP contribution < -0.4 is 0 Å². The average molecular weight is 205 g/mol. The summed E-state index contributed by atoms with van der Waals surface area (Å²) in [5.41, 5.74) is 1.19. The molecule has 0 saturated heterocycles. The first-order chi connectivity index (χ1) is 7.43. The highest BCUT2D eigenvalue weighted by Gasteiger charge is 1.82. The molecule has 0 atom stereocenters. The molecule has 2 heterocycles. The number of rotatable bonds is 1. The van der Waals surface area contributed by atoms with Gasteiger partial charge in [-0.25, -0.2) is 4.98 Å². The molecule has 0 aliphatic rings. The predicted molar refractivity (Wildman–Crippen MR) is 63.6 cm³/mol. The molecule has 0 amide bonds. The van der Waals surface area contributed by atoms with E-state index in [1.807, 2.05) is 38.2 Å². The normalized spacial score (nSPS) is 7.93. The van der Waals surface area contributed by atoms with Crippen LogP contribution in [0.1, 0.15) is 26.5 Å². The first-order valence-electron chi connectivity index (χ1n) is 5.25.